The zero-order valence-corrected chi connectivity index (χ0v) is 14.2. The van der Waals surface area contributed by atoms with Crippen molar-refractivity contribution in [1.29, 1.82) is 0 Å². The van der Waals surface area contributed by atoms with Gasteiger partial charge < -0.3 is 10.2 Å². The van der Waals surface area contributed by atoms with Crippen molar-refractivity contribution in [3.8, 4) is 0 Å². The van der Waals surface area contributed by atoms with Crippen molar-refractivity contribution in [3.63, 3.8) is 0 Å². The van der Waals surface area contributed by atoms with E-state index in [4.69, 9.17) is 0 Å². The molecule has 0 radical (unpaired) electrons. The van der Waals surface area contributed by atoms with Gasteiger partial charge in [0.25, 0.3) is 0 Å². The van der Waals surface area contributed by atoms with Crippen LogP contribution < -0.4 is 5.32 Å². The molecule has 1 saturated heterocycles. The summed E-state index contributed by atoms with van der Waals surface area (Å²) in [5, 5.41) is 3.47. The normalized spacial score (nSPS) is 23.2. The number of piperidine rings is 1. The Labute approximate surface area is 133 Å². The summed E-state index contributed by atoms with van der Waals surface area (Å²) in [4.78, 5) is 6.85. The number of benzene rings is 1. The van der Waals surface area contributed by atoms with Gasteiger partial charge in [0.1, 0.15) is 0 Å². The molecule has 2 rings (SSSR count). The first-order valence-electron chi connectivity index (χ1n) is 7.75. The SMILES string of the molecule is CN=C(NCCSC)N1CCC(c2ccccc2)C(C)C1. The van der Waals surface area contributed by atoms with E-state index in [0.717, 1.165) is 31.3 Å². The maximum atomic E-state index is 4.44. The summed E-state index contributed by atoms with van der Waals surface area (Å²) in [7, 11) is 1.88. The van der Waals surface area contributed by atoms with Gasteiger partial charge in [0.05, 0.1) is 0 Å². The van der Waals surface area contributed by atoms with E-state index in [2.05, 4.69) is 58.7 Å². The van der Waals surface area contributed by atoms with Crippen LogP contribution in [0.25, 0.3) is 0 Å². The highest BCUT2D eigenvalue weighted by Gasteiger charge is 2.28. The van der Waals surface area contributed by atoms with Gasteiger partial charge in [0, 0.05) is 32.4 Å². The highest BCUT2D eigenvalue weighted by Crippen LogP contribution is 2.32. The predicted octanol–water partition coefficient (Wildman–Crippen LogP) is 3.05. The Hall–Kier alpha value is -1.16. The minimum atomic E-state index is 0.653. The van der Waals surface area contributed by atoms with Crippen LogP contribution >= 0.6 is 11.8 Å². The van der Waals surface area contributed by atoms with Gasteiger partial charge in [-0.1, -0.05) is 37.3 Å². The average Bonchev–Trinajstić information content (AvgIpc) is 2.52. The number of rotatable bonds is 4. The second kappa shape index (κ2) is 8.32. The Balaban J connectivity index is 1.93. The van der Waals surface area contributed by atoms with Crippen molar-refractivity contribution in [2.75, 3.05) is 38.7 Å². The smallest absolute Gasteiger partial charge is 0.193 e. The molecule has 1 heterocycles. The molecule has 1 N–H and O–H groups in total. The highest BCUT2D eigenvalue weighted by atomic mass is 32.2. The minimum absolute atomic E-state index is 0.653. The molecule has 4 heteroatoms. The first-order valence-corrected chi connectivity index (χ1v) is 9.15. The predicted molar refractivity (Wildman–Crippen MR) is 94.3 cm³/mol. The van der Waals surface area contributed by atoms with E-state index >= 15 is 0 Å². The van der Waals surface area contributed by atoms with Gasteiger partial charge in [-0.15, -0.1) is 0 Å². The Kier molecular flexibility index (Phi) is 6.43. The number of guanidine groups is 1. The third kappa shape index (κ3) is 4.40. The zero-order valence-electron chi connectivity index (χ0n) is 13.4. The lowest BCUT2D eigenvalue weighted by Crippen LogP contribution is -2.48. The Bertz CT molecular complexity index is 447. The summed E-state index contributed by atoms with van der Waals surface area (Å²) in [5.74, 6) is 3.50. The van der Waals surface area contributed by atoms with Crippen LogP contribution in [0.1, 0.15) is 24.8 Å². The fourth-order valence-corrected chi connectivity index (χ4v) is 3.44. The number of likely N-dealkylation sites (tertiary alicyclic amines) is 1. The lowest BCUT2D eigenvalue weighted by molar-refractivity contribution is 0.235. The number of nitrogens with zero attached hydrogens (tertiary/aromatic N) is 2. The summed E-state index contributed by atoms with van der Waals surface area (Å²) in [6.45, 7) is 5.52. The molecule has 2 atom stereocenters. The molecule has 0 spiro atoms. The lowest BCUT2D eigenvalue weighted by Gasteiger charge is -2.38. The van der Waals surface area contributed by atoms with Crippen LogP contribution in [0.3, 0.4) is 0 Å². The molecule has 0 amide bonds. The molecule has 3 nitrogen and oxygen atoms in total. The minimum Gasteiger partial charge on any atom is -0.355 e. The van der Waals surface area contributed by atoms with Crippen LogP contribution in [0.4, 0.5) is 0 Å². The van der Waals surface area contributed by atoms with E-state index in [1.54, 1.807) is 0 Å². The van der Waals surface area contributed by atoms with E-state index < -0.39 is 0 Å². The molecule has 1 aliphatic heterocycles. The summed E-state index contributed by atoms with van der Waals surface area (Å²) >= 11 is 1.86. The van der Waals surface area contributed by atoms with E-state index in [-0.39, 0.29) is 0 Å². The van der Waals surface area contributed by atoms with Crippen molar-refractivity contribution >= 4 is 17.7 Å². The molecule has 0 saturated carbocycles. The van der Waals surface area contributed by atoms with Crippen LogP contribution in [0.5, 0.6) is 0 Å². The Morgan fingerprint density at radius 2 is 2.14 bits per heavy atom. The zero-order chi connectivity index (χ0) is 15.1. The van der Waals surface area contributed by atoms with E-state index in [1.165, 1.54) is 12.0 Å². The first kappa shape index (κ1) is 16.2. The van der Waals surface area contributed by atoms with E-state index in [9.17, 15) is 0 Å². The number of hydrogen-bond donors (Lipinski definition) is 1. The van der Waals surface area contributed by atoms with Crippen molar-refractivity contribution in [3.05, 3.63) is 35.9 Å². The number of aliphatic imine (C=N–C) groups is 1. The Morgan fingerprint density at radius 3 is 2.76 bits per heavy atom. The summed E-state index contributed by atoms with van der Waals surface area (Å²) < 4.78 is 0. The van der Waals surface area contributed by atoms with Crippen LogP contribution in [-0.4, -0.2) is 49.6 Å². The van der Waals surface area contributed by atoms with E-state index in [0.29, 0.717) is 11.8 Å². The van der Waals surface area contributed by atoms with Gasteiger partial charge in [-0.05, 0) is 30.1 Å². The topological polar surface area (TPSA) is 27.6 Å². The number of thioether (sulfide) groups is 1. The highest BCUT2D eigenvalue weighted by molar-refractivity contribution is 7.98. The lowest BCUT2D eigenvalue weighted by atomic mass is 9.82. The van der Waals surface area contributed by atoms with Gasteiger partial charge in [-0.3, -0.25) is 4.99 Å². The van der Waals surface area contributed by atoms with Crippen molar-refractivity contribution in [2.45, 2.75) is 19.3 Å². The molecule has 1 aromatic carbocycles. The number of nitrogens with one attached hydrogen (secondary N) is 1. The fraction of sp³-hybridized carbons (Fsp3) is 0.588. The molecule has 1 aliphatic rings. The van der Waals surface area contributed by atoms with Gasteiger partial charge in [-0.2, -0.15) is 11.8 Å². The monoisotopic (exact) mass is 305 g/mol. The number of hydrogen-bond acceptors (Lipinski definition) is 2. The van der Waals surface area contributed by atoms with Crippen LogP contribution in [-0.2, 0) is 0 Å². The molecule has 1 aromatic rings. The Morgan fingerprint density at radius 1 is 1.38 bits per heavy atom. The second-order valence-electron chi connectivity index (χ2n) is 5.70. The van der Waals surface area contributed by atoms with Gasteiger partial charge in [-0.25, -0.2) is 0 Å². The first-order chi connectivity index (χ1) is 10.3. The van der Waals surface area contributed by atoms with Gasteiger partial charge in [0.15, 0.2) is 5.96 Å². The van der Waals surface area contributed by atoms with Gasteiger partial charge in [0.2, 0.25) is 0 Å². The van der Waals surface area contributed by atoms with Crippen LogP contribution in [0.2, 0.25) is 0 Å². The molecule has 0 bridgehead atoms. The molecule has 116 valence electrons. The van der Waals surface area contributed by atoms with Crippen LogP contribution in [0.15, 0.2) is 35.3 Å². The van der Waals surface area contributed by atoms with E-state index in [1.807, 2.05) is 18.8 Å². The van der Waals surface area contributed by atoms with Crippen molar-refractivity contribution < 1.29 is 0 Å². The average molecular weight is 305 g/mol. The largest absolute Gasteiger partial charge is 0.355 e. The van der Waals surface area contributed by atoms with Gasteiger partial charge >= 0.3 is 0 Å². The molecular formula is C17H27N3S. The molecule has 1 fully saturated rings. The summed E-state index contributed by atoms with van der Waals surface area (Å²) in [5.41, 5.74) is 1.48. The molecule has 0 aromatic heterocycles. The molecule has 21 heavy (non-hydrogen) atoms. The molecule has 2 unspecified atom stereocenters. The summed E-state index contributed by atoms with van der Waals surface area (Å²) in [6, 6.07) is 10.9. The fourth-order valence-electron chi connectivity index (χ4n) is 3.13. The molecular weight excluding hydrogens is 278 g/mol. The third-order valence-corrected chi connectivity index (χ3v) is 4.85. The second-order valence-corrected chi connectivity index (χ2v) is 6.68. The maximum absolute atomic E-state index is 4.44. The van der Waals surface area contributed by atoms with Crippen molar-refractivity contribution in [1.82, 2.24) is 10.2 Å². The quantitative estimate of drug-likeness (QED) is 0.526. The summed E-state index contributed by atoms with van der Waals surface area (Å²) in [6.07, 6.45) is 3.34. The standard InChI is InChI=1S/C17H27N3S/c1-14-13-20(17(18-2)19-10-12-21-3)11-9-16(14)15-7-5-4-6-8-15/h4-8,14,16H,9-13H2,1-3H3,(H,18,19). The van der Waals surface area contributed by atoms with Crippen molar-refractivity contribution in [2.24, 2.45) is 10.9 Å². The van der Waals surface area contributed by atoms with Crippen LogP contribution in [0, 0.1) is 5.92 Å². The maximum Gasteiger partial charge on any atom is 0.193 e. The third-order valence-electron chi connectivity index (χ3n) is 4.23. The molecule has 0 aliphatic carbocycles.